The highest BCUT2D eigenvalue weighted by molar-refractivity contribution is 5.69. The molecule has 0 atom stereocenters. The molecule has 0 radical (unpaired) electrons. The second kappa shape index (κ2) is 5.05. The lowest BCUT2D eigenvalue weighted by molar-refractivity contribution is 0.416. The molecule has 2 aromatic carbocycles. The van der Waals surface area contributed by atoms with Crippen molar-refractivity contribution in [2.24, 2.45) is 0 Å². The third-order valence-electron chi connectivity index (χ3n) is 3.05. The zero-order valence-corrected chi connectivity index (χ0v) is 11.0. The van der Waals surface area contributed by atoms with Crippen molar-refractivity contribution in [3.8, 4) is 22.8 Å². The van der Waals surface area contributed by atoms with E-state index in [-0.39, 0.29) is 0 Å². The molecule has 5 nitrogen and oxygen atoms in total. The van der Waals surface area contributed by atoms with E-state index in [4.69, 9.17) is 10.5 Å². The Labute approximate surface area is 116 Å². The Hall–Kier alpha value is -2.82. The number of hydrogen-bond acceptors (Lipinski definition) is 4. The van der Waals surface area contributed by atoms with Crippen molar-refractivity contribution in [1.29, 1.82) is 0 Å². The molecule has 0 aliphatic heterocycles. The first-order valence-corrected chi connectivity index (χ1v) is 6.19. The molecule has 0 bridgehead atoms. The van der Waals surface area contributed by atoms with Gasteiger partial charge in [0.15, 0.2) is 5.82 Å². The van der Waals surface area contributed by atoms with Crippen LogP contribution in [0.2, 0.25) is 0 Å². The van der Waals surface area contributed by atoms with Gasteiger partial charge in [-0.3, -0.25) is 4.57 Å². The summed E-state index contributed by atoms with van der Waals surface area (Å²) in [7, 11) is 1.61. The maximum Gasteiger partial charge on any atom is 0.172 e. The fraction of sp³-hybridized carbons (Fsp3) is 0.0667. The van der Waals surface area contributed by atoms with E-state index in [1.54, 1.807) is 19.5 Å². The van der Waals surface area contributed by atoms with Crippen molar-refractivity contribution in [2.45, 2.75) is 0 Å². The summed E-state index contributed by atoms with van der Waals surface area (Å²) in [6, 6.07) is 15.4. The maximum absolute atomic E-state index is 5.78. The van der Waals surface area contributed by atoms with Crippen molar-refractivity contribution in [3.05, 3.63) is 54.9 Å². The summed E-state index contributed by atoms with van der Waals surface area (Å²) < 4.78 is 7.29. The smallest absolute Gasteiger partial charge is 0.172 e. The molecule has 0 saturated heterocycles. The van der Waals surface area contributed by atoms with E-state index in [0.29, 0.717) is 17.3 Å². The number of nitrogens with zero attached hydrogens (tertiary/aromatic N) is 3. The Morgan fingerprint density at radius 2 is 1.90 bits per heavy atom. The van der Waals surface area contributed by atoms with Gasteiger partial charge in [-0.05, 0) is 24.3 Å². The Morgan fingerprint density at radius 3 is 2.65 bits per heavy atom. The van der Waals surface area contributed by atoms with Gasteiger partial charge in [-0.2, -0.15) is 0 Å². The van der Waals surface area contributed by atoms with Crippen molar-refractivity contribution < 1.29 is 4.74 Å². The fourth-order valence-electron chi connectivity index (χ4n) is 2.09. The molecule has 0 spiro atoms. The van der Waals surface area contributed by atoms with Gasteiger partial charge in [0, 0.05) is 17.4 Å². The number of nitrogens with two attached hydrogens (primary N) is 1. The highest BCUT2D eigenvalue weighted by Crippen LogP contribution is 2.31. The van der Waals surface area contributed by atoms with Gasteiger partial charge in [-0.15, -0.1) is 10.2 Å². The summed E-state index contributed by atoms with van der Waals surface area (Å²) in [4.78, 5) is 0. The number of aromatic nitrogens is 3. The van der Waals surface area contributed by atoms with Crippen LogP contribution in [0.1, 0.15) is 0 Å². The lowest BCUT2D eigenvalue weighted by atomic mass is 10.1. The van der Waals surface area contributed by atoms with Gasteiger partial charge in [0.1, 0.15) is 12.1 Å². The molecular weight excluding hydrogens is 252 g/mol. The van der Waals surface area contributed by atoms with Gasteiger partial charge in [0.05, 0.1) is 12.7 Å². The molecule has 100 valence electrons. The quantitative estimate of drug-likeness (QED) is 0.740. The van der Waals surface area contributed by atoms with Gasteiger partial charge in [0.2, 0.25) is 0 Å². The van der Waals surface area contributed by atoms with Crippen LogP contribution >= 0.6 is 0 Å². The largest absolute Gasteiger partial charge is 0.496 e. The highest BCUT2D eigenvalue weighted by atomic mass is 16.5. The standard InChI is InChI=1S/C15H14N4O/c1-20-14-9-11(16)7-8-13(14)15-18-17-10-19(15)12-5-3-2-4-6-12/h2-10H,16H2,1H3. The van der Waals surface area contributed by atoms with Gasteiger partial charge < -0.3 is 10.5 Å². The summed E-state index contributed by atoms with van der Waals surface area (Å²) >= 11 is 0. The Morgan fingerprint density at radius 1 is 1.10 bits per heavy atom. The Balaban J connectivity index is 2.15. The van der Waals surface area contributed by atoms with E-state index in [2.05, 4.69) is 10.2 Å². The highest BCUT2D eigenvalue weighted by Gasteiger charge is 2.13. The lowest BCUT2D eigenvalue weighted by Gasteiger charge is -2.10. The third kappa shape index (κ3) is 2.09. The van der Waals surface area contributed by atoms with E-state index in [0.717, 1.165) is 11.3 Å². The average molecular weight is 266 g/mol. The van der Waals surface area contributed by atoms with Crippen molar-refractivity contribution >= 4 is 5.69 Å². The van der Waals surface area contributed by atoms with E-state index in [1.165, 1.54) is 0 Å². The van der Waals surface area contributed by atoms with Crippen LogP contribution in [-0.4, -0.2) is 21.9 Å². The average Bonchev–Trinajstić information content (AvgIpc) is 2.97. The molecule has 0 amide bonds. The monoisotopic (exact) mass is 266 g/mol. The van der Waals surface area contributed by atoms with Crippen LogP contribution in [0.5, 0.6) is 5.75 Å². The van der Waals surface area contributed by atoms with Crippen LogP contribution in [0.15, 0.2) is 54.9 Å². The second-order valence-corrected chi connectivity index (χ2v) is 4.32. The van der Waals surface area contributed by atoms with Crippen molar-refractivity contribution in [3.63, 3.8) is 0 Å². The molecule has 3 aromatic rings. The molecule has 1 aromatic heterocycles. The van der Waals surface area contributed by atoms with Gasteiger partial charge in [-0.1, -0.05) is 18.2 Å². The minimum absolute atomic E-state index is 0.649. The predicted molar refractivity (Wildman–Crippen MR) is 77.8 cm³/mol. The van der Waals surface area contributed by atoms with E-state index in [1.807, 2.05) is 47.0 Å². The molecule has 0 unspecified atom stereocenters. The maximum atomic E-state index is 5.78. The first kappa shape index (κ1) is 12.2. The molecule has 5 heteroatoms. The molecule has 1 heterocycles. The Bertz CT molecular complexity index is 722. The minimum atomic E-state index is 0.649. The van der Waals surface area contributed by atoms with E-state index in [9.17, 15) is 0 Å². The topological polar surface area (TPSA) is 66.0 Å². The van der Waals surface area contributed by atoms with Crippen LogP contribution in [0.3, 0.4) is 0 Å². The van der Waals surface area contributed by atoms with Crippen molar-refractivity contribution in [1.82, 2.24) is 14.8 Å². The molecule has 0 aliphatic rings. The molecule has 2 N–H and O–H groups in total. The number of hydrogen-bond donors (Lipinski definition) is 1. The van der Waals surface area contributed by atoms with E-state index >= 15 is 0 Å². The van der Waals surface area contributed by atoms with Crippen molar-refractivity contribution in [2.75, 3.05) is 12.8 Å². The number of nitrogen functional groups attached to an aromatic ring is 1. The summed E-state index contributed by atoms with van der Waals surface area (Å²) in [6.45, 7) is 0. The number of rotatable bonds is 3. The Kier molecular flexibility index (Phi) is 3.09. The van der Waals surface area contributed by atoms with Crippen LogP contribution in [0.4, 0.5) is 5.69 Å². The normalized spacial score (nSPS) is 10.4. The third-order valence-corrected chi connectivity index (χ3v) is 3.05. The summed E-state index contributed by atoms with van der Waals surface area (Å²) in [5, 5.41) is 8.19. The summed E-state index contributed by atoms with van der Waals surface area (Å²) in [5.74, 6) is 1.39. The van der Waals surface area contributed by atoms with Crippen LogP contribution in [0.25, 0.3) is 17.1 Å². The first-order valence-electron chi connectivity index (χ1n) is 6.19. The molecular formula is C15H14N4O. The number of benzene rings is 2. The van der Waals surface area contributed by atoms with Crippen LogP contribution < -0.4 is 10.5 Å². The van der Waals surface area contributed by atoms with Gasteiger partial charge in [-0.25, -0.2) is 0 Å². The van der Waals surface area contributed by atoms with Gasteiger partial charge >= 0.3 is 0 Å². The number of para-hydroxylation sites is 1. The molecule has 20 heavy (non-hydrogen) atoms. The first-order chi connectivity index (χ1) is 9.79. The van der Waals surface area contributed by atoms with Gasteiger partial charge in [0.25, 0.3) is 0 Å². The lowest BCUT2D eigenvalue weighted by Crippen LogP contribution is -1.98. The van der Waals surface area contributed by atoms with Crippen LogP contribution in [-0.2, 0) is 0 Å². The number of anilines is 1. The fourth-order valence-corrected chi connectivity index (χ4v) is 2.09. The molecule has 0 aliphatic carbocycles. The SMILES string of the molecule is COc1cc(N)ccc1-c1nncn1-c1ccccc1. The van der Waals surface area contributed by atoms with E-state index < -0.39 is 0 Å². The minimum Gasteiger partial charge on any atom is -0.496 e. The molecule has 0 fully saturated rings. The zero-order valence-electron chi connectivity index (χ0n) is 11.0. The summed E-state index contributed by atoms with van der Waals surface area (Å²) in [5.41, 5.74) is 8.27. The molecule has 0 saturated carbocycles. The molecule has 3 rings (SSSR count). The predicted octanol–water partition coefficient (Wildman–Crippen LogP) is 2.53. The summed E-state index contributed by atoms with van der Waals surface area (Å²) in [6.07, 6.45) is 1.68. The number of ether oxygens (including phenoxy) is 1. The van der Waals surface area contributed by atoms with Crippen LogP contribution in [0, 0.1) is 0 Å². The second-order valence-electron chi connectivity index (χ2n) is 4.32. The number of methoxy groups -OCH3 is 1. The zero-order chi connectivity index (χ0) is 13.9.